The Bertz CT molecular complexity index is 450. The van der Waals surface area contributed by atoms with E-state index in [1.807, 2.05) is 6.92 Å². The van der Waals surface area contributed by atoms with Crippen LogP contribution in [-0.4, -0.2) is 28.1 Å². The number of hydrogen-bond acceptors (Lipinski definition) is 5. The predicted molar refractivity (Wildman–Crippen MR) is 75.7 cm³/mol. The Morgan fingerprint density at radius 3 is 2.95 bits per heavy atom. The lowest BCUT2D eigenvalue weighted by Crippen LogP contribution is -2.09. The number of ether oxygens (including phenoxy) is 1. The Kier molecular flexibility index (Phi) is 5.39. The van der Waals surface area contributed by atoms with E-state index in [1.54, 1.807) is 0 Å². The fourth-order valence-corrected chi connectivity index (χ4v) is 2.22. The van der Waals surface area contributed by atoms with E-state index in [4.69, 9.17) is 16.3 Å². The van der Waals surface area contributed by atoms with Crippen LogP contribution in [0.2, 0.25) is 5.28 Å². The molecule has 19 heavy (non-hydrogen) atoms. The molecule has 0 saturated heterocycles. The van der Waals surface area contributed by atoms with Crippen molar-refractivity contribution in [2.24, 2.45) is 0 Å². The van der Waals surface area contributed by atoms with E-state index in [-0.39, 0.29) is 11.3 Å². The molecule has 1 N–H and O–H groups in total. The Balaban J connectivity index is 1.86. The van der Waals surface area contributed by atoms with Gasteiger partial charge in [-0.15, -0.1) is 0 Å². The SMILES string of the molecule is CCOc1nc(Cl)nc(NCCC2=CCCCC2)n1. The minimum atomic E-state index is 0.151. The zero-order chi connectivity index (χ0) is 13.5. The van der Waals surface area contributed by atoms with Crippen molar-refractivity contribution in [3.8, 4) is 6.01 Å². The summed E-state index contributed by atoms with van der Waals surface area (Å²) in [5.74, 6) is 0.472. The number of anilines is 1. The van der Waals surface area contributed by atoms with Crippen molar-refractivity contribution in [1.29, 1.82) is 0 Å². The average Bonchev–Trinajstić information content (AvgIpc) is 2.40. The Hall–Kier alpha value is -1.36. The first-order chi connectivity index (χ1) is 9.28. The second-order valence-corrected chi connectivity index (χ2v) is 4.77. The van der Waals surface area contributed by atoms with Crippen LogP contribution < -0.4 is 10.1 Å². The number of aromatic nitrogens is 3. The Morgan fingerprint density at radius 2 is 2.21 bits per heavy atom. The molecule has 1 aromatic heterocycles. The lowest BCUT2D eigenvalue weighted by molar-refractivity contribution is 0.312. The highest BCUT2D eigenvalue weighted by atomic mass is 35.5. The van der Waals surface area contributed by atoms with E-state index < -0.39 is 0 Å². The van der Waals surface area contributed by atoms with Gasteiger partial charge in [-0.2, -0.15) is 15.0 Å². The van der Waals surface area contributed by atoms with Crippen LogP contribution in [0.25, 0.3) is 0 Å². The first-order valence-corrected chi connectivity index (χ1v) is 7.12. The van der Waals surface area contributed by atoms with Gasteiger partial charge >= 0.3 is 6.01 Å². The normalized spacial score (nSPS) is 14.9. The highest BCUT2D eigenvalue weighted by Crippen LogP contribution is 2.20. The lowest BCUT2D eigenvalue weighted by atomic mass is 9.97. The molecular weight excluding hydrogens is 264 g/mol. The van der Waals surface area contributed by atoms with Crippen LogP contribution in [0, 0.1) is 0 Å². The highest BCUT2D eigenvalue weighted by Gasteiger charge is 2.07. The first-order valence-electron chi connectivity index (χ1n) is 6.74. The third-order valence-corrected chi connectivity index (χ3v) is 3.14. The molecule has 5 nitrogen and oxygen atoms in total. The van der Waals surface area contributed by atoms with Gasteiger partial charge in [0.2, 0.25) is 11.2 Å². The van der Waals surface area contributed by atoms with E-state index in [0.717, 1.165) is 13.0 Å². The molecule has 0 radical (unpaired) electrons. The monoisotopic (exact) mass is 282 g/mol. The Morgan fingerprint density at radius 1 is 1.32 bits per heavy atom. The van der Waals surface area contributed by atoms with Crippen molar-refractivity contribution in [3.05, 3.63) is 16.9 Å². The van der Waals surface area contributed by atoms with E-state index in [2.05, 4.69) is 26.3 Å². The lowest BCUT2D eigenvalue weighted by Gasteiger charge is -2.13. The van der Waals surface area contributed by atoms with Crippen molar-refractivity contribution in [3.63, 3.8) is 0 Å². The van der Waals surface area contributed by atoms with Crippen LogP contribution in [0.1, 0.15) is 39.0 Å². The first kappa shape index (κ1) is 14.1. The molecule has 1 aliphatic rings. The van der Waals surface area contributed by atoms with Crippen molar-refractivity contribution >= 4 is 17.5 Å². The van der Waals surface area contributed by atoms with Gasteiger partial charge in [0.1, 0.15) is 0 Å². The van der Waals surface area contributed by atoms with E-state index in [1.165, 1.54) is 31.3 Å². The standard InChI is InChI=1S/C13H19ClN4O/c1-2-19-13-17-11(14)16-12(18-13)15-9-8-10-6-4-3-5-7-10/h6H,2-5,7-9H2,1H3,(H,15,16,17,18). The molecule has 0 spiro atoms. The summed E-state index contributed by atoms with van der Waals surface area (Å²) in [7, 11) is 0. The molecule has 104 valence electrons. The number of nitrogens with one attached hydrogen (secondary N) is 1. The maximum atomic E-state index is 5.82. The molecule has 0 atom stereocenters. The largest absolute Gasteiger partial charge is 0.464 e. The second kappa shape index (κ2) is 7.28. The van der Waals surface area contributed by atoms with Crippen LogP contribution in [0.15, 0.2) is 11.6 Å². The van der Waals surface area contributed by atoms with Gasteiger partial charge < -0.3 is 10.1 Å². The summed E-state index contributed by atoms with van der Waals surface area (Å²) in [6.07, 6.45) is 8.41. The summed E-state index contributed by atoms with van der Waals surface area (Å²) in [5, 5.41) is 3.31. The highest BCUT2D eigenvalue weighted by molar-refractivity contribution is 6.28. The third-order valence-electron chi connectivity index (χ3n) is 2.98. The minimum absolute atomic E-state index is 0.151. The number of hydrogen-bond donors (Lipinski definition) is 1. The molecule has 6 heteroatoms. The van der Waals surface area contributed by atoms with Gasteiger partial charge in [-0.05, 0) is 50.6 Å². The molecule has 0 fully saturated rings. The summed E-state index contributed by atoms with van der Waals surface area (Å²) in [6.45, 7) is 3.19. The molecule has 1 heterocycles. The van der Waals surface area contributed by atoms with Gasteiger partial charge in [-0.25, -0.2) is 0 Å². The number of rotatable bonds is 6. The van der Waals surface area contributed by atoms with Crippen LogP contribution in [0.3, 0.4) is 0 Å². The molecular formula is C13H19ClN4O. The van der Waals surface area contributed by atoms with Crippen LogP contribution in [-0.2, 0) is 0 Å². The van der Waals surface area contributed by atoms with Crippen molar-refractivity contribution < 1.29 is 4.74 Å². The fourth-order valence-electron chi connectivity index (χ4n) is 2.07. The summed E-state index contributed by atoms with van der Waals surface area (Å²) in [6, 6.07) is 0.266. The van der Waals surface area contributed by atoms with Crippen LogP contribution in [0.5, 0.6) is 6.01 Å². The second-order valence-electron chi connectivity index (χ2n) is 4.43. The maximum Gasteiger partial charge on any atom is 0.322 e. The van der Waals surface area contributed by atoms with Crippen LogP contribution >= 0.6 is 11.6 Å². The third kappa shape index (κ3) is 4.67. The molecule has 1 aromatic rings. The van der Waals surface area contributed by atoms with Crippen molar-refractivity contribution in [2.45, 2.75) is 39.0 Å². The fraction of sp³-hybridized carbons (Fsp3) is 0.615. The zero-order valence-electron chi connectivity index (χ0n) is 11.2. The van der Waals surface area contributed by atoms with Crippen LogP contribution in [0.4, 0.5) is 5.95 Å². The van der Waals surface area contributed by atoms with E-state index >= 15 is 0 Å². The van der Waals surface area contributed by atoms with Gasteiger partial charge in [0, 0.05) is 6.54 Å². The smallest absolute Gasteiger partial charge is 0.322 e. The molecule has 1 aliphatic carbocycles. The van der Waals surface area contributed by atoms with Crippen molar-refractivity contribution in [2.75, 3.05) is 18.5 Å². The summed E-state index contributed by atoms with van der Waals surface area (Å²) >= 11 is 5.82. The minimum Gasteiger partial charge on any atom is -0.464 e. The number of halogens is 1. The average molecular weight is 283 g/mol. The molecule has 0 bridgehead atoms. The predicted octanol–water partition coefficient (Wildman–Crippen LogP) is 3.23. The molecule has 0 saturated carbocycles. The number of allylic oxidation sites excluding steroid dienone is 1. The molecule has 0 unspecified atom stereocenters. The summed E-state index contributed by atoms with van der Waals surface area (Å²) < 4.78 is 5.23. The molecule has 2 rings (SSSR count). The quantitative estimate of drug-likeness (QED) is 0.812. The maximum absolute atomic E-state index is 5.82. The van der Waals surface area contributed by atoms with Gasteiger partial charge in [0.25, 0.3) is 0 Å². The van der Waals surface area contributed by atoms with Gasteiger partial charge in [-0.1, -0.05) is 11.6 Å². The topological polar surface area (TPSA) is 59.9 Å². The number of nitrogens with zero attached hydrogens (tertiary/aromatic N) is 3. The zero-order valence-corrected chi connectivity index (χ0v) is 11.9. The van der Waals surface area contributed by atoms with Gasteiger partial charge in [0.05, 0.1) is 6.61 Å². The molecule has 0 aliphatic heterocycles. The van der Waals surface area contributed by atoms with Crippen molar-refractivity contribution in [1.82, 2.24) is 15.0 Å². The molecule has 0 amide bonds. The Labute approximate surface area is 118 Å². The summed E-state index contributed by atoms with van der Waals surface area (Å²) in [4.78, 5) is 12.1. The summed E-state index contributed by atoms with van der Waals surface area (Å²) in [5.41, 5.74) is 1.52. The van der Waals surface area contributed by atoms with Gasteiger partial charge in [-0.3, -0.25) is 0 Å². The molecule has 0 aromatic carbocycles. The van der Waals surface area contributed by atoms with E-state index in [0.29, 0.717) is 12.6 Å². The van der Waals surface area contributed by atoms with Gasteiger partial charge in [0.15, 0.2) is 0 Å². The van der Waals surface area contributed by atoms with E-state index in [9.17, 15) is 0 Å².